The Kier molecular flexibility index (Phi) is 5.66. The van der Waals surface area contributed by atoms with Crippen LogP contribution in [0.15, 0.2) is 66.7 Å². The summed E-state index contributed by atoms with van der Waals surface area (Å²) in [5.74, 6) is 1.96. The normalized spacial score (nSPS) is 15.5. The summed E-state index contributed by atoms with van der Waals surface area (Å²) in [5, 5.41) is 20.0. The van der Waals surface area contributed by atoms with Crippen LogP contribution in [0.5, 0.6) is 23.0 Å². The number of unbranched alkanes of at least 4 members (excludes halogenated alkanes) is 1. The molecule has 0 fully saturated rings. The summed E-state index contributed by atoms with van der Waals surface area (Å²) in [6.45, 7) is 4.87. The molecule has 4 heteroatoms. The van der Waals surface area contributed by atoms with Gasteiger partial charge in [0.25, 0.3) is 0 Å². The second-order valence-electron chi connectivity index (χ2n) is 7.54. The molecule has 0 amide bonds. The zero-order chi connectivity index (χ0) is 21.1. The highest BCUT2D eigenvalue weighted by atomic mass is 16.5. The van der Waals surface area contributed by atoms with Crippen LogP contribution in [-0.2, 0) is 0 Å². The van der Waals surface area contributed by atoms with Gasteiger partial charge in [0.2, 0.25) is 0 Å². The van der Waals surface area contributed by atoms with Crippen molar-refractivity contribution in [3.63, 3.8) is 0 Å². The van der Waals surface area contributed by atoms with Gasteiger partial charge in [-0.05, 0) is 72.5 Å². The molecule has 0 aromatic heterocycles. The molecule has 0 aliphatic carbocycles. The van der Waals surface area contributed by atoms with Crippen LogP contribution in [0.2, 0.25) is 0 Å². The minimum absolute atomic E-state index is 0.194. The quantitative estimate of drug-likeness (QED) is 0.472. The molecular weight excluding hydrogens is 376 g/mol. The van der Waals surface area contributed by atoms with Gasteiger partial charge in [-0.1, -0.05) is 37.6 Å². The molecule has 1 aliphatic rings. The van der Waals surface area contributed by atoms with E-state index in [1.807, 2.05) is 43.3 Å². The number of hydrogen-bond acceptors (Lipinski definition) is 4. The number of ether oxygens (including phenoxy) is 2. The predicted molar refractivity (Wildman–Crippen MR) is 119 cm³/mol. The van der Waals surface area contributed by atoms with Crippen LogP contribution in [0.25, 0.3) is 11.1 Å². The Morgan fingerprint density at radius 1 is 0.933 bits per heavy atom. The minimum Gasteiger partial charge on any atom is -0.508 e. The van der Waals surface area contributed by atoms with Crippen molar-refractivity contribution in [2.45, 2.75) is 32.8 Å². The van der Waals surface area contributed by atoms with Crippen molar-refractivity contribution in [3.8, 4) is 23.0 Å². The van der Waals surface area contributed by atoms with Crippen LogP contribution in [0.1, 0.15) is 49.5 Å². The van der Waals surface area contributed by atoms with E-state index in [2.05, 4.69) is 6.92 Å². The largest absolute Gasteiger partial charge is 0.508 e. The first-order chi connectivity index (χ1) is 14.6. The summed E-state index contributed by atoms with van der Waals surface area (Å²) in [7, 11) is 0. The molecule has 0 spiro atoms. The third-order valence-corrected chi connectivity index (χ3v) is 5.38. The second kappa shape index (κ2) is 8.54. The monoisotopic (exact) mass is 402 g/mol. The lowest BCUT2D eigenvalue weighted by atomic mass is 9.86. The molecule has 1 heterocycles. The van der Waals surface area contributed by atoms with Crippen LogP contribution in [-0.4, -0.2) is 16.8 Å². The maximum atomic E-state index is 10.0. The SMILES string of the molecule is CCCCOc1ccc(C2Oc3ccc(O)cc3C(C)=C2c2cccc(O)c2)cc1. The number of phenolic OH excluding ortho intramolecular Hbond substituents is 2. The minimum atomic E-state index is -0.339. The summed E-state index contributed by atoms with van der Waals surface area (Å²) in [5.41, 5.74) is 4.70. The van der Waals surface area contributed by atoms with E-state index in [4.69, 9.17) is 9.47 Å². The van der Waals surface area contributed by atoms with Gasteiger partial charge in [0.05, 0.1) is 6.61 Å². The number of hydrogen-bond donors (Lipinski definition) is 2. The number of aromatic hydroxyl groups is 2. The Morgan fingerprint density at radius 2 is 1.70 bits per heavy atom. The van der Waals surface area contributed by atoms with Crippen LogP contribution >= 0.6 is 0 Å². The van der Waals surface area contributed by atoms with Crippen molar-refractivity contribution in [2.75, 3.05) is 6.61 Å². The van der Waals surface area contributed by atoms with E-state index in [1.54, 1.807) is 30.3 Å². The third kappa shape index (κ3) is 3.99. The number of fused-ring (bicyclic) bond motifs is 1. The van der Waals surface area contributed by atoms with Crippen molar-refractivity contribution < 1.29 is 19.7 Å². The summed E-state index contributed by atoms with van der Waals surface area (Å²) < 4.78 is 12.2. The highest BCUT2D eigenvalue weighted by Gasteiger charge is 2.29. The Morgan fingerprint density at radius 3 is 2.43 bits per heavy atom. The van der Waals surface area contributed by atoms with E-state index in [9.17, 15) is 10.2 Å². The Labute approximate surface area is 177 Å². The van der Waals surface area contributed by atoms with Gasteiger partial charge in [0.1, 0.15) is 29.1 Å². The average molecular weight is 402 g/mol. The van der Waals surface area contributed by atoms with E-state index < -0.39 is 0 Å². The van der Waals surface area contributed by atoms with Gasteiger partial charge in [-0.3, -0.25) is 0 Å². The van der Waals surface area contributed by atoms with Gasteiger partial charge < -0.3 is 19.7 Å². The van der Waals surface area contributed by atoms with Crippen molar-refractivity contribution in [2.24, 2.45) is 0 Å². The maximum Gasteiger partial charge on any atom is 0.150 e. The summed E-state index contributed by atoms with van der Waals surface area (Å²) in [6, 6.07) is 20.3. The lowest BCUT2D eigenvalue weighted by Crippen LogP contribution is -2.16. The highest BCUT2D eigenvalue weighted by molar-refractivity contribution is 5.95. The van der Waals surface area contributed by atoms with Crippen LogP contribution in [0.4, 0.5) is 0 Å². The molecule has 30 heavy (non-hydrogen) atoms. The van der Waals surface area contributed by atoms with Crippen molar-refractivity contribution >= 4 is 11.1 Å². The van der Waals surface area contributed by atoms with Crippen molar-refractivity contribution in [3.05, 3.63) is 83.4 Å². The zero-order valence-electron chi connectivity index (χ0n) is 17.3. The first kappa shape index (κ1) is 19.9. The number of rotatable bonds is 6. The van der Waals surface area contributed by atoms with Gasteiger partial charge in [0.15, 0.2) is 0 Å². The summed E-state index contributed by atoms with van der Waals surface area (Å²) in [6.07, 6.45) is 1.79. The molecule has 0 saturated heterocycles. The van der Waals surface area contributed by atoms with E-state index >= 15 is 0 Å². The summed E-state index contributed by atoms with van der Waals surface area (Å²) in [4.78, 5) is 0. The molecule has 3 aromatic carbocycles. The Bertz CT molecular complexity index is 1070. The Hall–Kier alpha value is -3.40. The molecule has 154 valence electrons. The molecule has 4 nitrogen and oxygen atoms in total. The van der Waals surface area contributed by atoms with E-state index in [0.717, 1.165) is 52.2 Å². The maximum absolute atomic E-state index is 10.0. The van der Waals surface area contributed by atoms with Crippen molar-refractivity contribution in [1.82, 2.24) is 0 Å². The highest BCUT2D eigenvalue weighted by Crippen LogP contribution is 2.47. The van der Waals surface area contributed by atoms with Gasteiger partial charge in [-0.25, -0.2) is 0 Å². The molecule has 3 aromatic rings. The third-order valence-electron chi connectivity index (χ3n) is 5.38. The predicted octanol–water partition coefficient (Wildman–Crippen LogP) is 6.34. The van der Waals surface area contributed by atoms with Gasteiger partial charge in [0, 0.05) is 11.1 Å². The van der Waals surface area contributed by atoms with Crippen LogP contribution in [0.3, 0.4) is 0 Å². The molecule has 1 atom stereocenters. The van der Waals surface area contributed by atoms with Gasteiger partial charge in [-0.2, -0.15) is 0 Å². The fourth-order valence-electron chi connectivity index (χ4n) is 3.79. The summed E-state index contributed by atoms with van der Waals surface area (Å²) >= 11 is 0. The molecule has 1 unspecified atom stereocenters. The molecule has 1 aliphatic heterocycles. The zero-order valence-corrected chi connectivity index (χ0v) is 17.3. The van der Waals surface area contributed by atoms with Gasteiger partial charge >= 0.3 is 0 Å². The van der Waals surface area contributed by atoms with Crippen molar-refractivity contribution in [1.29, 1.82) is 0 Å². The first-order valence-electron chi connectivity index (χ1n) is 10.3. The topological polar surface area (TPSA) is 58.9 Å². The number of phenols is 2. The lowest BCUT2D eigenvalue weighted by Gasteiger charge is -2.31. The van der Waals surface area contributed by atoms with Crippen LogP contribution < -0.4 is 9.47 Å². The van der Waals surface area contributed by atoms with Crippen LogP contribution in [0, 0.1) is 0 Å². The number of allylic oxidation sites excluding steroid dienone is 1. The lowest BCUT2D eigenvalue weighted by molar-refractivity contribution is 0.259. The smallest absolute Gasteiger partial charge is 0.150 e. The van der Waals surface area contributed by atoms with E-state index in [0.29, 0.717) is 6.61 Å². The average Bonchev–Trinajstić information content (AvgIpc) is 2.75. The molecule has 0 bridgehead atoms. The van der Waals surface area contributed by atoms with E-state index in [-0.39, 0.29) is 17.6 Å². The fourth-order valence-corrected chi connectivity index (χ4v) is 3.79. The molecule has 0 radical (unpaired) electrons. The fraction of sp³-hybridized carbons (Fsp3) is 0.231. The molecule has 2 N–H and O–H groups in total. The molecule has 4 rings (SSSR count). The second-order valence-corrected chi connectivity index (χ2v) is 7.54. The first-order valence-corrected chi connectivity index (χ1v) is 10.3. The molecular formula is C26H26O4. The molecule has 0 saturated carbocycles. The standard InChI is InChI=1S/C26H26O4/c1-3-4-14-29-22-11-8-18(9-12-22)26-25(19-6-5-7-20(27)15-19)17(2)23-16-21(28)10-13-24(23)30-26/h5-13,15-16,26-28H,3-4,14H2,1-2H3. The van der Waals surface area contributed by atoms with E-state index in [1.165, 1.54) is 0 Å². The Balaban J connectivity index is 1.76. The number of benzene rings is 3. The van der Waals surface area contributed by atoms with Gasteiger partial charge in [-0.15, -0.1) is 0 Å².